The van der Waals surface area contributed by atoms with Crippen LogP contribution in [-0.2, 0) is 10.0 Å². The zero-order valence-electron chi connectivity index (χ0n) is 11.1. The molecule has 21 heavy (non-hydrogen) atoms. The van der Waals surface area contributed by atoms with E-state index < -0.39 is 10.0 Å². The highest BCUT2D eigenvalue weighted by atomic mass is 35.5. The number of nitrogens with two attached hydrogens (primary N) is 1. The molecule has 1 unspecified atom stereocenters. The Morgan fingerprint density at radius 1 is 1.24 bits per heavy atom. The average Bonchev–Trinajstić information content (AvgIpc) is 2.37. The minimum absolute atomic E-state index is 0. The zero-order chi connectivity index (χ0) is 14.9. The topological polar surface area (TPSA) is 63.4 Å². The van der Waals surface area contributed by atoms with E-state index >= 15 is 0 Å². The van der Waals surface area contributed by atoms with E-state index in [1.165, 1.54) is 16.4 Å². The van der Waals surface area contributed by atoms with Crippen molar-refractivity contribution in [3.8, 4) is 0 Å². The molecule has 1 aliphatic rings. The van der Waals surface area contributed by atoms with Crippen molar-refractivity contribution in [3.05, 3.63) is 27.2 Å². The summed E-state index contributed by atoms with van der Waals surface area (Å²) >= 11 is 17.8. The van der Waals surface area contributed by atoms with Crippen molar-refractivity contribution in [2.45, 2.75) is 17.7 Å². The quantitative estimate of drug-likeness (QED) is 0.855. The van der Waals surface area contributed by atoms with E-state index in [1.54, 1.807) is 0 Å². The Bertz CT molecular complexity index is 586. The minimum atomic E-state index is -3.73. The SMILES string of the molecule is Cl.NCC1CCCN(S(=O)(=O)c2c(Cl)cc(Cl)cc2Cl)C1. The van der Waals surface area contributed by atoms with Gasteiger partial charge in [0.05, 0.1) is 10.0 Å². The number of halogens is 4. The summed E-state index contributed by atoms with van der Waals surface area (Å²) in [5.41, 5.74) is 5.64. The molecule has 0 aliphatic carbocycles. The van der Waals surface area contributed by atoms with Gasteiger partial charge >= 0.3 is 0 Å². The first-order valence-corrected chi connectivity index (χ1v) is 8.78. The number of piperidine rings is 1. The lowest BCUT2D eigenvalue weighted by molar-refractivity contribution is 0.271. The van der Waals surface area contributed by atoms with Gasteiger partial charge in [0.1, 0.15) is 4.90 Å². The fraction of sp³-hybridized carbons (Fsp3) is 0.500. The van der Waals surface area contributed by atoms with Crippen molar-refractivity contribution in [2.24, 2.45) is 11.7 Å². The molecule has 0 amide bonds. The van der Waals surface area contributed by atoms with Crippen LogP contribution in [0.5, 0.6) is 0 Å². The minimum Gasteiger partial charge on any atom is -0.330 e. The molecular formula is C12H16Cl4N2O2S. The Kier molecular flexibility index (Phi) is 7.06. The molecule has 2 rings (SSSR count). The molecule has 4 nitrogen and oxygen atoms in total. The summed E-state index contributed by atoms with van der Waals surface area (Å²) in [4.78, 5) is -0.0806. The molecule has 1 aliphatic heterocycles. The third-order valence-electron chi connectivity index (χ3n) is 3.38. The molecule has 1 fully saturated rings. The summed E-state index contributed by atoms with van der Waals surface area (Å²) in [5.74, 6) is 0.170. The molecule has 1 atom stereocenters. The molecule has 0 spiro atoms. The van der Waals surface area contributed by atoms with Crippen LogP contribution >= 0.6 is 47.2 Å². The van der Waals surface area contributed by atoms with Crippen LogP contribution in [-0.4, -0.2) is 32.4 Å². The second-order valence-corrected chi connectivity index (χ2v) is 7.93. The van der Waals surface area contributed by atoms with Crippen LogP contribution in [0.2, 0.25) is 15.1 Å². The van der Waals surface area contributed by atoms with Gasteiger partial charge in [-0.1, -0.05) is 34.8 Å². The summed E-state index contributed by atoms with van der Waals surface area (Å²) in [6.45, 7) is 1.32. The normalized spacial score (nSPS) is 20.1. The standard InChI is InChI=1S/C12H15Cl3N2O2S.ClH/c13-9-4-10(14)12(11(15)5-9)20(18,19)17-3-1-2-8(6-16)7-17;/h4-5,8H,1-3,6-7,16H2;1H. The van der Waals surface area contributed by atoms with Crippen molar-refractivity contribution in [3.63, 3.8) is 0 Å². The predicted molar refractivity (Wildman–Crippen MR) is 89.3 cm³/mol. The molecule has 1 saturated heterocycles. The molecular weight excluding hydrogens is 378 g/mol. The first kappa shape index (κ1) is 19.3. The Hall–Kier alpha value is 0.250. The zero-order valence-corrected chi connectivity index (χ0v) is 15.0. The monoisotopic (exact) mass is 392 g/mol. The number of hydrogen-bond acceptors (Lipinski definition) is 3. The Balaban J connectivity index is 0.00000220. The Morgan fingerprint density at radius 3 is 2.33 bits per heavy atom. The molecule has 0 radical (unpaired) electrons. The second-order valence-electron chi connectivity index (χ2n) is 4.81. The second kappa shape index (κ2) is 7.68. The van der Waals surface area contributed by atoms with Gasteiger partial charge in [0.15, 0.2) is 0 Å². The van der Waals surface area contributed by atoms with Gasteiger partial charge in [-0.05, 0) is 37.4 Å². The molecule has 0 saturated carbocycles. The van der Waals surface area contributed by atoms with Crippen molar-refractivity contribution in [2.75, 3.05) is 19.6 Å². The smallest absolute Gasteiger partial charge is 0.246 e. The largest absolute Gasteiger partial charge is 0.330 e. The highest BCUT2D eigenvalue weighted by molar-refractivity contribution is 7.89. The lowest BCUT2D eigenvalue weighted by Crippen LogP contribution is -2.42. The van der Waals surface area contributed by atoms with Gasteiger partial charge in [-0.15, -0.1) is 12.4 Å². The van der Waals surface area contributed by atoms with Crippen molar-refractivity contribution < 1.29 is 8.42 Å². The molecule has 2 N–H and O–H groups in total. The molecule has 9 heteroatoms. The molecule has 1 heterocycles. The molecule has 1 aromatic carbocycles. The summed E-state index contributed by atoms with van der Waals surface area (Å²) in [7, 11) is -3.73. The first-order valence-electron chi connectivity index (χ1n) is 6.21. The summed E-state index contributed by atoms with van der Waals surface area (Å²) in [6.07, 6.45) is 1.72. The number of sulfonamides is 1. The summed E-state index contributed by atoms with van der Waals surface area (Å²) in [6, 6.07) is 2.76. The van der Waals surface area contributed by atoms with Gasteiger partial charge in [-0.3, -0.25) is 0 Å². The number of nitrogens with zero attached hydrogens (tertiary/aromatic N) is 1. The predicted octanol–water partition coefficient (Wildman–Crippen LogP) is 3.43. The van der Waals surface area contributed by atoms with Crippen molar-refractivity contribution in [1.82, 2.24) is 4.31 Å². The summed E-state index contributed by atoms with van der Waals surface area (Å²) < 4.78 is 26.7. The first-order chi connectivity index (χ1) is 9.36. The van der Waals surface area contributed by atoms with Crippen LogP contribution in [0.3, 0.4) is 0 Å². The van der Waals surface area contributed by atoms with Crippen molar-refractivity contribution >= 4 is 57.2 Å². The third kappa shape index (κ3) is 4.16. The molecule has 1 aromatic rings. The van der Waals surface area contributed by atoms with Gasteiger partial charge in [0.25, 0.3) is 0 Å². The molecule has 0 aromatic heterocycles. The Morgan fingerprint density at radius 2 is 1.81 bits per heavy atom. The fourth-order valence-electron chi connectivity index (χ4n) is 2.34. The van der Waals surface area contributed by atoms with Crippen LogP contribution < -0.4 is 5.73 Å². The van der Waals surface area contributed by atoms with Crippen LogP contribution in [0, 0.1) is 5.92 Å². The number of benzene rings is 1. The van der Waals surface area contributed by atoms with Gasteiger partial charge in [-0.25, -0.2) is 8.42 Å². The van der Waals surface area contributed by atoms with Crippen LogP contribution in [0.15, 0.2) is 17.0 Å². The van der Waals surface area contributed by atoms with Gasteiger partial charge in [0.2, 0.25) is 10.0 Å². The maximum absolute atomic E-state index is 12.7. The third-order valence-corrected chi connectivity index (χ3v) is 6.38. The van der Waals surface area contributed by atoms with Gasteiger partial charge < -0.3 is 5.73 Å². The van der Waals surface area contributed by atoms with E-state index in [9.17, 15) is 8.42 Å². The van der Waals surface area contributed by atoms with Gasteiger partial charge in [0, 0.05) is 18.1 Å². The highest BCUT2D eigenvalue weighted by Crippen LogP contribution is 2.35. The highest BCUT2D eigenvalue weighted by Gasteiger charge is 2.33. The van der Waals surface area contributed by atoms with Crippen LogP contribution in [0.1, 0.15) is 12.8 Å². The lowest BCUT2D eigenvalue weighted by atomic mass is 10.0. The summed E-state index contributed by atoms with van der Waals surface area (Å²) in [5, 5.41) is 0.382. The average molecular weight is 394 g/mol. The molecule has 0 bridgehead atoms. The lowest BCUT2D eigenvalue weighted by Gasteiger charge is -2.31. The van der Waals surface area contributed by atoms with E-state index in [1.807, 2.05) is 0 Å². The van der Waals surface area contributed by atoms with Crippen LogP contribution in [0.4, 0.5) is 0 Å². The van der Waals surface area contributed by atoms with E-state index in [-0.39, 0.29) is 33.3 Å². The van der Waals surface area contributed by atoms with Crippen LogP contribution in [0.25, 0.3) is 0 Å². The number of hydrogen-bond donors (Lipinski definition) is 1. The van der Waals surface area contributed by atoms with E-state index in [4.69, 9.17) is 40.5 Å². The Labute approximate surface area is 146 Å². The van der Waals surface area contributed by atoms with E-state index in [0.29, 0.717) is 24.7 Å². The number of rotatable bonds is 3. The van der Waals surface area contributed by atoms with Gasteiger partial charge in [-0.2, -0.15) is 4.31 Å². The molecule has 120 valence electrons. The van der Waals surface area contributed by atoms with E-state index in [2.05, 4.69) is 0 Å². The van der Waals surface area contributed by atoms with E-state index in [0.717, 1.165) is 12.8 Å². The fourth-order valence-corrected chi connectivity index (χ4v) is 5.39. The van der Waals surface area contributed by atoms with Crippen molar-refractivity contribution in [1.29, 1.82) is 0 Å². The maximum Gasteiger partial charge on any atom is 0.246 e. The maximum atomic E-state index is 12.7.